The van der Waals surface area contributed by atoms with Gasteiger partial charge in [0.2, 0.25) is 0 Å². The maximum absolute atomic E-state index is 6.16. The average molecular weight is 269 g/mol. The molecule has 0 atom stereocenters. The zero-order valence-electron chi connectivity index (χ0n) is 12.7. The zero-order valence-corrected chi connectivity index (χ0v) is 12.7. The van der Waals surface area contributed by atoms with Gasteiger partial charge in [-0.2, -0.15) is 0 Å². The summed E-state index contributed by atoms with van der Waals surface area (Å²) in [5.74, 6) is 0. The predicted octanol–water partition coefficient (Wildman–Crippen LogP) is 2.84. The highest BCUT2D eigenvalue weighted by Crippen LogP contribution is 2.37. The molecule has 0 bridgehead atoms. The van der Waals surface area contributed by atoms with E-state index in [2.05, 4.69) is 44.8 Å². The number of aryl methyl sites for hydroxylation is 1. The first-order valence-corrected chi connectivity index (χ1v) is 7.02. The molecular formula is C16H20BNO2. The molecule has 20 heavy (non-hydrogen) atoms. The van der Waals surface area contributed by atoms with Gasteiger partial charge in [-0.05, 0) is 51.5 Å². The van der Waals surface area contributed by atoms with E-state index in [1.54, 1.807) is 0 Å². The normalized spacial score (nSPS) is 20.6. The van der Waals surface area contributed by atoms with Crippen LogP contribution >= 0.6 is 0 Å². The zero-order chi connectivity index (χ0) is 14.5. The van der Waals surface area contributed by atoms with Crippen molar-refractivity contribution in [3.63, 3.8) is 0 Å². The van der Waals surface area contributed by atoms with Crippen LogP contribution in [0.4, 0.5) is 0 Å². The Morgan fingerprint density at radius 2 is 1.60 bits per heavy atom. The van der Waals surface area contributed by atoms with Gasteiger partial charge in [-0.3, -0.25) is 4.98 Å². The Bertz CT molecular complexity index is 651. The SMILES string of the molecule is Cc1nccc2c(B3OC(C)(C)C(C)(C)O3)cccc12. The maximum Gasteiger partial charge on any atom is 0.495 e. The largest absolute Gasteiger partial charge is 0.495 e. The number of aromatic nitrogens is 1. The summed E-state index contributed by atoms with van der Waals surface area (Å²) < 4.78 is 12.3. The van der Waals surface area contributed by atoms with Gasteiger partial charge in [-0.25, -0.2) is 0 Å². The first-order valence-electron chi connectivity index (χ1n) is 7.02. The molecule has 4 heteroatoms. The number of benzene rings is 1. The van der Waals surface area contributed by atoms with Gasteiger partial charge in [-0.1, -0.05) is 18.2 Å². The lowest BCUT2D eigenvalue weighted by atomic mass is 9.76. The van der Waals surface area contributed by atoms with Crippen LogP contribution < -0.4 is 5.46 Å². The molecule has 3 nitrogen and oxygen atoms in total. The Morgan fingerprint density at radius 3 is 2.25 bits per heavy atom. The van der Waals surface area contributed by atoms with Gasteiger partial charge in [-0.15, -0.1) is 0 Å². The summed E-state index contributed by atoms with van der Waals surface area (Å²) in [5, 5.41) is 2.30. The minimum Gasteiger partial charge on any atom is -0.399 e. The maximum atomic E-state index is 6.16. The molecule has 0 N–H and O–H groups in total. The Morgan fingerprint density at radius 1 is 0.950 bits per heavy atom. The highest BCUT2D eigenvalue weighted by molar-refractivity contribution is 6.65. The highest BCUT2D eigenvalue weighted by Gasteiger charge is 2.52. The number of nitrogens with zero attached hydrogens (tertiary/aromatic N) is 1. The van der Waals surface area contributed by atoms with E-state index in [0.717, 1.165) is 21.9 Å². The third kappa shape index (κ3) is 1.95. The van der Waals surface area contributed by atoms with E-state index in [1.165, 1.54) is 0 Å². The van der Waals surface area contributed by atoms with Crippen LogP contribution in [0.25, 0.3) is 10.8 Å². The minimum atomic E-state index is -0.328. The van der Waals surface area contributed by atoms with Gasteiger partial charge in [0.15, 0.2) is 0 Å². The first-order chi connectivity index (χ1) is 9.32. The number of fused-ring (bicyclic) bond motifs is 1. The summed E-state index contributed by atoms with van der Waals surface area (Å²) in [5.41, 5.74) is 1.47. The quantitative estimate of drug-likeness (QED) is 0.746. The lowest BCUT2D eigenvalue weighted by molar-refractivity contribution is 0.00578. The number of hydrogen-bond acceptors (Lipinski definition) is 3. The fourth-order valence-corrected chi connectivity index (χ4v) is 2.55. The molecule has 1 aromatic carbocycles. The van der Waals surface area contributed by atoms with Crippen molar-refractivity contribution in [1.29, 1.82) is 0 Å². The molecule has 3 rings (SSSR count). The van der Waals surface area contributed by atoms with E-state index in [1.807, 2.05) is 25.3 Å². The molecule has 1 aliphatic heterocycles. The molecule has 1 aliphatic rings. The standard InChI is InChI=1S/C16H20BNO2/c1-11-12-7-6-8-14(13(12)9-10-18-11)17-19-15(2,3)16(4,5)20-17/h6-10H,1-5H3. The summed E-state index contributed by atoms with van der Waals surface area (Å²) in [7, 11) is -0.328. The molecule has 1 fully saturated rings. The molecule has 0 spiro atoms. The Kier molecular flexibility index (Phi) is 2.92. The van der Waals surface area contributed by atoms with E-state index in [4.69, 9.17) is 9.31 Å². The second kappa shape index (κ2) is 4.30. The van der Waals surface area contributed by atoms with Crippen molar-refractivity contribution < 1.29 is 9.31 Å². The van der Waals surface area contributed by atoms with E-state index in [9.17, 15) is 0 Å². The van der Waals surface area contributed by atoms with Gasteiger partial charge < -0.3 is 9.31 Å². The van der Waals surface area contributed by atoms with Gasteiger partial charge >= 0.3 is 7.12 Å². The molecule has 0 radical (unpaired) electrons. The van der Waals surface area contributed by atoms with Crippen molar-refractivity contribution in [2.75, 3.05) is 0 Å². The first kappa shape index (κ1) is 13.6. The molecule has 0 unspecified atom stereocenters. The number of pyridine rings is 1. The lowest BCUT2D eigenvalue weighted by Crippen LogP contribution is -2.41. The predicted molar refractivity (Wildman–Crippen MR) is 82.2 cm³/mol. The van der Waals surface area contributed by atoms with E-state index < -0.39 is 0 Å². The Labute approximate surface area is 120 Å². The van der Waals surface area contributed by atoms with Crippen LogP contribution in [0, 0.1) is 6.92 Å². The molecule has 2 heterocycles. The van der Waals surface area contributed by atoms with E-state index in [-0.39, 0.29) is 18.3 Å². The third-order valence-electron chi connectivity index (χ3n) is 4.55. The van der Waals surface area contributed by atoms with Crippen molar-refractivity contribution in [3.8, 4) is 0 Å². The van der Waals surface area contributed by atoms with Crippen molar-refractivity contribution in [3.05, 3.63) is 36.2 Å². The Hall–Kier alpha value is -1.39. The van der Waals surface area contributed by atoms with Gasteiger partial charge in [0.25, 0.3) is 0 Å². The van der Waals surface area contributed by atoms with Crippen molar-refractivity contribution in [2.24, 2.45) is 0 Å². The number of hydrogen-bond donors (Lipinski definition) is 0. The van der Waals surface area contributed by atoms with Gasteiger partial charge in [0.05, 0.1) is 11.2 Å². The van der Waals surface area contributed by atoms with Crippen LogP contribution in [-0.2, 0) is 9.31 Å². The molecule has 2 aromatic rings. The van der Waals surface area contributed by atoms with E-state index in [0.29, 0.717) is 0 Å². The van der Waals surface area contributed by atoms with Crippen molar-refractivity contribution in [2.45, 2.75) is 45.8 Å². The van der Waals surface area contributed by atoms with Crippen molar-refractivity contribution >= 4 is 23.4 Å². The fourth-order valence-electron chi connectivity index (χ4n) is 2.55. The van der Waals surface area contributed by atoms with Gasteiger partial charge in [0, 0.05) is 17.3 Å². The fraction of sp³-hybridized carbons (Fsp3) is 0.438. The van der Waals surface area contributed by atoms with Crippen LogP contribution in [0.1, 0.15) is 33.4 Å². The van der Waals surface area contributed by atoms with Crippen molar-refractivity contribution in [1.82, 2.24) is 4.98 Å². The third-order valence-corrected chi connectivity index (χ3v) is 4.55. The second-order valence-electron chi connectivity index (χ2n) is 6.43. The summed E-state index contributed by atoms with van der Waals surface area (Å²) in [6, 6.07) is 8.23. The monoisotopic (exact) mass is 269 g/mol. The summed E-state index contributed by atoms with van der Waals surface area (Å²) >= 11 is 0. The van der Waals surface area contributed by atoms with E-state index >= 15 is 0 Å². The van der Waals surface area contributed by atoms with Crippen LogP contribution in [0.15, 0.2) is 30.5 Å². The molecule has 0 aliphatic carbocycles. The minimum absolute atomic E-state index is 0.318. The smallest absolute Gasteiger partial charge is 0.399 e. The summed E-state index contributed by atoms with van der Waals surface area (Å²) in [4.78, 5) is 4.35. The highest BCUT2D eigenvalue weighted by atomic mass is 16.7. The topological polar surface area (TPSA) is 31.4 Å². The van der Waals surface area contributed by atoms with Gasteiger partial charge in [0.1, 0.15) is 0 Å². The number of rotatable bonds is 1. The van der Waals surface area contributed by atoms with Crippen LogP contribution in [-0.4, -0.2) is 23.3 Å². The molecule has 104 valence electrons. The molecular weight excluding hydrogens is 249 g/mol. The molecule has 1 saturated heterocycles. The average Bonchev–Trinajstić information content (AvgIpc) is 2.58. The molecule has 0 amide bonds. The summed E-state index contributed by atoms with van der Waals surface area (Å²) in [6.07, 6.45) is 1.84. The Balaban J connectivity index is 2.11. The van der Waals surface area contributed by atoms with Crippen LogP contribution in [0.5, 0.6) is 0 Å². The van der Waals surface area contributed by atoms with Crippen LogP contribution in [0.3, 0.4) is 0 Å². The molecule has 0 saturated carbocycles. The molecule has 1 aromatic heterocycles. The second-order valence-corrected chi connectivity index (χ2v) is 6.43. The van der Waals surface area contributed by atoms with Crippen LogP contribution in [0.2, 0.25) is 0 Å². The summed E-state index contributed by atoms with van der Waals surface area (Å²) in [6.45, 7) is 10.3. The lowest BCUT2D eigenvalue weighted by Gasteiger charge is -2.32.